The van der Waals surface area contributed by atoms with Gasteiger partial charge in [-0.05, 0) is 6.42 Å². The zero-order valence-electron chi connectivity index (χ0n) is 5.99. The zero-order chi connectivity index (χ0) is 7.68. The van der Waals surface area contributed by atoms with Crippen LogP contribution in [0, 0.1) is 0 Å². The smallest absolute Gasteiger partial charge is 0.296 e. The fourth-order valence-corrected chi connectivity index (χ4v) is 1.19. The molecule has 2 heterocycles. The molecule has 1 aliphatic heterocycles. The lowest BCUT2D eigenvalue weighted by atomic mass is 10.4. The number of carbonyl (C=O) groups is 1. The summed E-state index contributed by atoms with van der Waals surface area (Å²) in [6.45, 7) is 1.54. The number of hydrogen-bond acceptors (Lipinski definition) is 3. The summed E-state index contributed by atoms with van der Waals surface area (Å²) in [4.78, 5) is 14.4. The molecule has 0 unspecified atom stereocenters. The number of hydrogen-bond donors (Lipinski definition) is 0. The van der Waals surface area contributed by atoms with Gasteiger partial charge < -0.3 is 4.74 Å². The number of fused-ring (bicyclic) bond motifs is 1. The number of carbonyl (C=O) groups excluding carboxylic acids is 1. The summed E-state index contributed by atoms with van der Waals surface area (Å²) in [6, 6.07) is 0.568. The minimum absolute atomic E-state index is 0.568. The average Bonchev–Trinajstić information content (AvgIpc) is 2.47. The maximum absolute atomic E-state index is 10.4. The van der Waals surface area contributed by atoms with Crippen LogP contribution in [0.25, 0.3) is 0 Å². The largest absolute Gasteiger partial charge is 0.465 e. The molecule has 1 aromatic heterocycles. The van der Waals surface area contributed by atoms with Gasteiger partial charge in [-0.3, -0.25) is 9.36 Å². The molecule has 0 bridgehead atoms. The SMILES string of the molecule is O=Cc1cnc2n1CCCO2. The normalized spacial score (nSPS) is 15.3. The molecular formula is C7H8N2O2. The van der Waals surface area contributed by atoms with Crippen LogP contribution in [-0.4, -0.2) is 22.4 Å². The van der Waals surface area contributed by atoms with E-state index in [0.717, 1.165) is 19.3 Å². The molecule has 0 N–H and O–H groups in total. The van der Waals surface area contributed by atoms with E-state index < -0.39 is 0 Å². The van der Waals surface area contributed by atoms with E-state index in [-0.39, 0.29) is 0 Å². The Morgan fingerprint density at radius 2 is 2.64 bits per heavy atom. The van der Waals surface area contributed by atoms with Crippen molar-refractivity contribution in [2.75, 3.05) is 6.61 Å². The molecule has 58 valence electrons. The van der Waals surface area contributed by atoms with Crippen LogP contribution in [0.1, 0.15) is 16.9 Å². The van der Waals surface area contributed by atoms with Gasteiger partial charge in [-0.25, -0.2) is 4.98 Å². The maximum atomic E-state index is 10.4. The lowest BCUT2D eigenvalue weighted by Gasteiger charge is -2.14. The Kier molecular flexibility index (Phi) is 1.38. The number of rotatable bonds is 1. The van der Waals surface area contributed by atoms with Gasteiger partial charge in [0.2, 0.25) is 0 Å². The van der Waals surface area contributed by atoms with Crippen LogP contribution in [-0.2, 0) is 6.54 Å². The molecule has 0 saturated carbocycles. The molecule has 0 atom stereocenters. The van der Waals surface area contributed by atoms with Crippen molar-refractivity contribution in [3.63, 3.8) is 0 Å². The molecule has 0 spiro atoms. The first-order chi connectivity index (χ1) is 5.42. The summed E-state index contributed by atoms with van der Waals surface area (Å²) in [7, 11) is 0. The van der Waals surface area contributed by atoms with Gasteiger partial charge in [0.15, 0.2) is 6.29 Å². The van der Waals surface area contributed by atoms with Crippen molar-refractivity contribution in [2.24, 2.45) is 0 Å². The lowest BCUT2D eigenvalue weighted by Crippen LogP contribution is -2.15. The fraction of sp³-hybridized carbons (Fsp3) is 0.429. The molecule has 2 rings (SSSR count). The van der Waals surface area contributed by atoms with Gasteiger partial charge in [-0.1, -0.05) is 0 Å². The van der Waals surface area contributed by atoms with E-state index in [9.17, 15) is 4.79 Å². The molecule has 0 aromatic carbocycles. The lowest BCUT2D eigenvalue weighted by molar-refractivity contribution is 0.111. The van der Waals surface area contributed by atoms with E-state index in [4.69, 9.17) is 4.74 Å². The molecule has 0 amide bonds. The summed E-state index contributed by atoms with van der Waals surface area (Å²) >= 11 is 0. The maximum Gasteiger partial charge on any atom is 0.296 e. The number of aldehydes is 1. The second-order valence-corrected chi connectivity index (χ2v) is 2.44. The predicted molar refractivity (Wildman–Crippen MR) is 37.7 cm³/mol. The molecule has 11 heavy (non-hydrogen) atoms. The Bertz CT molecular complexity index is 280. The Balaban J connectivity index is 2.45. The first kappa shape index (κ1) is 6.39. The molecule has 0 radical (unpaired) electrons. The van der Waals surface area contributed by atoms with E-state index in [1.54, 1.807) is 4.57 Å². The van der Waals surface area contributed by atoms with Crippen molar-refractivity contribution in [2.45, 2.75) is 13.0 Å². The number of ether oxygens (including phenoxy) is 1. The van der Waals surface area contributed by atoms with Crippen LogP contribution in [0.5, 0.6) is 6.01 Å². The monoisotopic (exact) mass is 152 g/mol. The van der Waals surface area contributed by atoms with Crippen LogP contribution in [0.2, 0.25) is 0 Å². The average molecular weight is 152 g/mol. The van der Waals surface area contributed by atoms with E-state index in [1.165, 1.54) is 6.20 Å². The van der Waals surface area contributed by atoms with Gasteiger partial charge >= 0.3 is 0 Å². The van der Waals surface area contributed by atoms with Crippen LogP contribution in [0.3, 0.4) is 0 Å². The second-order valence-electron chi connectivity index (χ2n) is 2.44. The standard InChI is InChI=1S/C7H8N2O2/c10-5-6-4-8-7-9(6)2-1-3-11-7/h4-5H,1-3H2. The van der Waals surface area contributed by atoms with Crippen molar-refractivity contribution in [1.29, 1.82) is 0 Å². The first-order valence-corrected chi connectivity index (χ1v) is 3.55. The van der Waals surface area contributed by atoms with Crippen molar-refractivity contribution in [1.82, 2.24) is 9.55 Å². The highest BCUT2D eigenvalue weighted by molar-refractivity contribution is 5.72. The van der Waals surface area contributed by atoms with Crippen molar-refractivity contribution < 1.29 is 9.53 Å². The molecular weight excluding hydrogens is 144 g/mol. The van der Waals surface area contributed by atoms with Crippen LogP contribution < -0.4 is 4.74 Å². The summed E-state index contributed by atoms with van der Waals surface area (Å²) in [5, 5.41) is 0. The highest BCUT2D eigenvalue weighted by Gasteiger charge is 2.13. The quantitative estimate of drug-likeness (QED) is 0.550. The van der Waals surface area contributed by atoms with Crippen LogP contribution in [0.15, 0.2) is 6.20 Å². The number of nitrogens with zero attached hydrogens (tertiary/aromatic N) is 2. The van der Waals surface area contributed by atoms with Gasteiger partial charge in [0.1, 0.15) is 5.69 Å². The first-order valence-electron chi connectivity index (χ1n) is 3.55. The Morgan fingerprint density at radius 3 is 3.45 bits per heavy atom. The van der Waals surface area contributed by atoms with E-state index >= 15 is 0 Å². The Hall–Kier alpha value is -1.32. The predicted octanol–water partition coefficient (Wildman–Crippen LogP) is 0.478. The van der Waals surface area contributed by atoms with E-state index in [2.05, 4.69) is 4.98 Å². The number of aromatic nitrogens is 2. The Labute approximate surface area is 63.8 Å². The third-order valence-electron chi connectivity index (χ3n) is 1.73. The van der Waals surface area contributed by atoms with Gasteiger partial charge in [-0.2, -0.15) is 0 Å². The minimum atomic E-state index is 0.568. The third kappa shape index (κ3) is 0.906. The van der Waals surface area contributed by atoms with Crippen LogP contribution in [0.4, 0.5) is 0 Å². The van der Waals surface area contributed by atoms with Crippen LogP contribution >= 0.6 is 0 Å². The summed E-state index contributed by atoms with van der Waals surface area (Å²) < 4.78 is 6.99. The highest BCUT2D eigenvalue weighted by atomic mass is 16.5. The molecule has 0 aliphatic carbocycles. The molecule has 4 nitrogen and oxygen atoms in total. The molecule has 1 aliphatic rings. The van der Waals surface area contributed by atoms with E-state index in [0.29, 0.717) is 18.3 Å². The van der Waals surface area contributed by atoms with E-state index in [1.807, 2.05) is 0 Å². The summed E-state index contributed by atoms with van der Waals surface area (Å²) in [5.74, 6) is 0. The topological polar surface area (TPSA) is 44.1 Å². The highest BCUT2D eigenvalue weighted by Crippen LogP contribution is 2.16. The molecule has 0 saturated heterocycles. The van der Waals surface area contributed by atoms with Gasteiger partial charge in [0, 0.05) is 6.54 Å². The van der Waals surface area contributed by atoms with Crippen molar-refractivity contribution >= 4 is 6.29 Å². The molecule has 0 fully saturated rings. The fourth-order valence-electron chi connectivity index (χ4n) is 1.19. The molecule has 4 heteroatoms. The third-order valence-corrected chi connectivity index (χ3v) is 1.73. The minimum Gasteiger partial charge on any atom is -0.465 e. The second kappa shape index (κ2) is 2.38. The molecule has 1 aromatic rings. The van der Waals surface area contributed by atoms with Crippen molar-refractivity contribution in [3.05, 3.63) is 11.9 Å². The summed E-state index contributed by atoms with van der Waals surface area (Å²) in [5.41, 5.74) is 0.597. The Morgan fingerprint density at radius 1 is 1.73 bits per heavy atom. The number of imidazole rings is 1. The zero-order valence-corrected chi connectivity index (χ0v) is 5.99. The van der Waals surface area contributed by atoms with Gasteiger partial charge in [0.25, 0.3) is 6.01 Å². The van der Waals surface area contributed by atoms with Crippen molar-refractivity contribution in [3.8, 4) is 6.01 Å². The van der Waals surface area contributed by atoms with Gasteiger partial charge in [0.05, 0.1) is 12.8 Å². The van der Waals surface area contributed by atoms with Gasteiger partial charge in [-0.15, -0.1) is 0 Å². The summed E-state index contributed by atoms with van der Waals surface area (Å²) in [6.07, 6.45) is 3.28.